The van der Waals surface area contributed by atoms with Gasteiger partial charge in [-0.2, -0.15) is 0 Å². The van der Waals surface area contributed by atoms with Crippen LogP contribution in [0, 0.1) is 0 Å². The highest BCUT2D eigenvalue weighted by Crippen LogP contribution is 2.13. The van der Waals surface area contributed by atoms with Crippen molar-refractivity contribution in [1.82, 2.24) is 10.2 Å². The molecule has 5 nitrogen and oxygen atoms in total. The van der Waals surface area contributed by atoms with Gasteiger partial charge in [-0.15, -0.1) is 0 Å². The molecule has 0 atom stereocenters. The summed E-state index contributed by atoms with van der Waals surface area (Å²) in [5.74, 6) is 0.198. The van der Waals surface area contributed by atoms with Crippen molar-refractivity contribution in [3.05, 3.63) is 29.8 Å². The van der Waals surface area contributed by atoms with Gasteiger partial charge in [-0.3, -0.25) is 9.59 Å². The zero-order chi connectivity index (χ0) is 16.7. The zero-order valence-corrected chi connectivity index (χ0v) is 14.2. The van der Waals surface area contributed by atoms with E-state index in [4.69, 9.17) is 0 Å². The Hall–Kier alpha value is -2.04. The maximum absolute atomic E-state index is 12.2. The molecule has 1 aliphatic rings. The zero-order valence-electron chi connectivity index (χ0n) is 14.2. The SMILES string of the molecule is CN(C)c1cccc(C(=O)NCCCN2CCCCCC2=O)c1. The Balaban J connectivity index is 1.76. The molecule has 1 aliphatic heterocycles. The van der Waals surface area contributed by atoms with Crippen LogP contribution < -0.4 is 10.2 Å². The number of nitrogens with zero attached hydrogens (tertiary/aromatic N) is 2. The normalized spacial score (nSPS) is 15.2. The summed E-state index contributed by atoms with van der Waals surface area (Å²) < 4.78 is 0. The van der Waals surface area contributed by atoms with Crippen LogP contribution in [0.3, 0.4) is 0 Å². The van der Waals surface area contributed by atoms with Gasteiger partial charge in [0.25, 0.3) is 5.91 Å². The lowest BCUT2D eigenvalue weighted by molar-refractivity contribution is -0.130. The van der Waals surface area contributed by atoms with Crippen LogP contribution in [0.4, 0.5) is 5.69 Å². The van der Waals surface area contributed by atoms with Crippen molar-refractivity contribution in [3.63, 3.8) is 0 Å². The van der Waals surface area contributed by atoms with E-state index in [-0.39, 0.29) is 11.8 Å². The van der Waals surface area contributed by atoms with Gasteiger partial charge in [0, 0.05) is 51.4 Å². The van der Waals surface area contributed by atoms with Crippen molar-refractivity contribution in [3.8, 4) is 0 Å². The molecule has 0 unspecified atom stereocenters. The van der Waals surface area contributed by atoms with Gasteiger partial charge in [0.1, 0.15) is 0 Å². The monoisotopic (exact) mass is 317 g/mol. The summed E-state index contributed by atoms with van der Waals surface area (Å²) in [7, 11) is 3.91. The van der Waals surface area contributed by atoms with Crippen LogP contribution in [0.1, 0.15) is 42.5 Å². The van der Waals surface area contributed by atoms with E-state index in [1.165, 1.54) is 0 Å². The van der Waals surface area contributed by atoms with E-state index in [9.17, 15) is 9.59 Å². The topological polar surface area (TPSA) is 52.7 Å². The van der Waals surface area contributed by atoms with Crippen molar-refractivity contribution in [2.75, 3.05) is 38.6 Å². The fourth-order valence-electron chi connectivity index (χ4n) is 2.77. The van der Waals surface area contributed by atoms with E-state index in [2.05, 4.69) is 5.32 Å². The first-order valence-electron chi connectivity index (χ1n) is 8.41. The summed E-state index contributed by atoms with van der Waals surface area (Å²) in [5.41, 5.74) is 1.68. The number of rotatable bonds is 6. The molecule has 2 amide bonds. The molecule has 0 spiro atoms. The third-order valence-corrected chi connectivity index (χ3v) is 4.19. The van der Waals surface area contributed by atoms with Gasteiger partial charge in [-0.25, -0.2) is 0 Å². The molecule has 23 heavy (non-hydrogen) atoms. The smallest absolute Gasteiger partial charge is 0.251 e. The number of hydrogen-bond donors (Lipinski definition) is 1. The van der Waals surface area contributed by atoms with Crippen LogP contribution in [0.25, 0.3) is 0 Å². The largest absolute Gasteiger partial charge is 0.378 e. The van der Waals surface area contributed by atoms with E-state index in [1.54, 1.807) is 0 Å². The van der Waals surface area contributed by atoms with Crippen molar-refractivity contribution >= 4 is 17.5 Å². The Kier molecular flexibility index (Phi) is 6.44. The maximum Gasteiger partial charge on any atom is 0.251 e. The minimum atomic E-state index is -0.0594. The predicted molar refractivity (Wildman–Crippen MR) is 92.8 cm³/mol. The van der Waals surface area contributed by atoms with Gasteiger partial charge < -0.3 is 15.1 Å². The molecule has 1 heterocycles. The second-order valence-corrected chi connectivity index (χ2v) is 6.25. The number of nitrogens with one attached hydrogen (secondary N) is 1. The lowest BCUT2D eigenvalue weighted by Gasteiger charge is -2.20. The molecule has 1 saturated heterocycles. The molecular weight excluding hydrogens is 290 g/mol. The number of amides is 2. The molecule has 1 fully saturated rings. The molecule has 1 aromatic rings. The minimum absolute atomic E-state index is 0.0594. The van der Waals surface area contributed by atoms with Crippen molar-refractivity contribution < 1.29 is 9.59 Å². The average Bonchev–Trinajstić information content (AvgIpc) is 2.76. The Labute approximate surface area is 138 Å². The average molecular weight is 317 g/mol. The molecule has 5 heteroatoms. The number of carbonyl (C=O) groups is 2. The van der Waals surface area contributed by atoms with Crippen LogP contribution >= 0.6 is 0 Å². The molecule has 0 saturated carbocycles. The summed E-state index contributed by atoms with van der Waals surface area (Å²) in [6.45, 7) is 2.18. The number of likely N-dealkylation sites (tertiary alicyclic amines) is 1. The Bertz CT molecular complexity index is 543. The number of benzene rings is 1. The molecule has 0 radical (unpaired) electrons. The number of anilines is 1. The molecule has 2 rings (SSSR count). The first kappa shape index (κ1) is 17.3. The second-order valence-electron chi connectivity index (χ2n) is 6.25. The summed E-state index contributed by atoms with van der Waals surface area (Å²) in [4.78, 5) is 28.0. The van der Waals surface area contributed by atoms with Gasteiger partial charge in [0.2, 0.25) is 5.91 Å². The van der Waals surface area contributed by atoms with Gasteiger partial charge >= 0.3 is 0 Å². The van der Waals surface area contributed by atoms with E-state index >= 15 is 0 Å². The van der Waals surface area contributed by atoms with Gasteiger partial charge in [-0.1, -0.05) is 12.5 Å². The first-order chi connectivity index (χ1) is 11.1. The van der Waals surface area contributed by atoms with E-state index < -0.39 is 0 Å². The van der Waals surface area contributed by atoms with Gasteiger partial charge in [0.15, 0.2) is 0 Å². The molecule has 1 aromatic carbocycles. The van der Waals surface area contributed by atoms with Crippen molar-refractivity contribution in [2.45, 2.75) is 32.1 Å². The number of hydrogen-bond acceptors (Lipinski definition) is 3. The standard InChI is InChI=1S/C18H27N3O2/c1-20(2)16-9-6-8-15(14-16)18(23)19-11-7-13-21-12-5-3-4-10-17(21)22/h6,8-9,14H,3-5,7,10-13H2,1-2H3,(H,19,23). The van der Waals surface area contributed by atoms with E-state index in [0.29, 0.717) is 18.5 Å². The lowest BCUT2D eigenvalue weighted by Crippen LogP contribution is -2.34. The van der Waals surface area contributed by atoms with E-state index in [1.807, 2.05) is 48.2 Å². The van der Waals surface area contributed by atoms with Crippen LogP contribution in [0.2, 0.25) is 0 Å². The Morgan fingerprint density at radius 2 is 2.09 bits per heavy atom. The summed E-state index contributed by atoms with van der Waals surface area (Å²) in [5, 5.41) is 2.94. The van der Waals surface area contributed by atoms with Crippen LogP contribution in [-0.2, 0) is 4.79 Å². The fraction of sp³-hybridized carbons (Fsp3) is 0.556. The molecule has 0 bridgehead atoms. The third kappa shape index (κ3) is 5.27. The summed E-state index contributed by atoms with van der Waals surface area (Å²) in [6.07, 6.45) is 4.71. The predicted octanol–water partition coefficient (Wildman–Crippen LogP) is 2.28. The van der Waals surface area contributed by atoms with Crippen molar-refractivity contribution in [2.24, 2.45) is 0 Å². The minimum Gasteiger partial charge on any atom is -0.378 e. The first-order valence-corrected chi connectivity index (χ1v) is 8.41. The molecule has 0 aliphatic carbocycles. The third-order valence-electron chi connectivity index (χ3n) is 4.19. The highest BCUT2D eigenvalue weighted by Gasteiger charge is 2.15. The van der Waals surface area contributed by atoms with Crippen LogP contribution in [0.15, 0.2) is 24.3 Å². The highest BCUT2D eigenvalue weighted by molar-refractivity contribution is 5.95. The van der Waals surface area contributed by atoms with Gasteiger partial charge in [0.05, 0.1) is 0 Å². The summed E-state index contributed by atoms with van der Waals surface area (Å²) in [6, 6.07) is 7.57. The number of carbonyl (C=O) groups excluding carboxylic acids is 2. The Morgan fingerprint density at radius 3 is 2.87 bits per heavy atom. The molecule has 126 valence electrons. The highest BCUT2D eigenvalue weighted by atomic mass is 16.2. The van der Waals surface area contributed by atoms with Crippen molar-refractivity contribution in [1.29, 1.82) is 0 Å². The summed E-state index contributed by atoms with van der Waals surface area (Å²) >= 11 is 0. The van der Waals surface area contributed by atoms with Crippen LogP contribution in [-0.4, -0.2) is 50.4 Å². The quantitative estimate of drug-likeness (QED) is 0.819. The molecular formula is C18H27N3O2. The second kappa shape index (κ2) is 8.56. The fourth-order valence-corrected chi connectivity index (χ4v) is 2.77. The van der Waals surface area contributed by atoms with Gasteiger partial charge in [-0.05, 0) is 37.5 Å². The van der Waals surface area contributed by atoms with E-state index in [0.717, 1.165) is 44.5 Å². The van der Waals surface area contributed by atoms with Crippen LogP contribution in [0.5, 0.6) is 0 Å². The molecule has 0 aromatic heterocycles. The maximum atomic E-state index is 12.2. The Morgan fingerprint density at radius 1 is 1.26 bits per heavy atom. The lowest BCUT2D eigenvalue weighted by atomic mass is 10.2. The molecule has 1 N–H and O–H groups in total.